The van der Waals surface area contributed by atoms with E-state index in [9.17, 15) is 4.79 Å². The van der Waals surface area contributed by atoms with E-state index in [0.29, 0.717) is 5.82 Å². The molecule has 23 heavy (non-hydrogen) atoms. The second-order valence-electron chi connectivity index (χ2n) is 5.18. The number of hydrogen-bond acceptors (Lipinski definition) is 4. The minimum absolute atomic E-state index is 0.230. The predicted molar refractivity (Wildman–Crippen MR) is 89.8 cm³/mol. The van der Waals surface area contributed by atoms with E-state index in [2.05, 4.69) is 20.5 Å². The third-order valence-electron chi connectivity index (χ3n) is 3.43. The number of rotatable bonds is 4. The number of carbonyl (C=O) groups is 1. The van der Waals surface area contributed by atoms with Crippen LogP contribution in [0.4, 0.5) is 5.69 Å². The van der Waals surface area contributed by atoms with Crippen molar-refractivity contribution >= 4 is 23.4 Å². The number of para-hydroxylation sites is 1. The third-order valence-corrected chi connectivity index (χ3v) is 4.81. The Balaban J connectivity index is 1.87. The number of amides is 1. The van der Waals surface area contributed by atoms with Crippen LogP contribution in [0.25, 0.3) is 0 Å². The number of anilines is 1. The van der Waals surface area contributed by atoms with Crippen molar-refractivity contribution in [3.8, 4) is 0 Å². The van der Waals surface area contributed by atoms with Crippen LogP contribution >= 0.6 is 11.8 Å². The maximum atomic E-state index is 12.4. The molecule has 2 aromatic heterocycles. The van der Waals surface area contributed by atoms with Crippen LogP contribution in [0.5, 0.6) is 0 Å². The van der Waals surface area contributed by atoms with Crippen molar-refractivity contribution in [2.75, 3.05) is 5.32 Å². The largest absolute Gasteiger partial charge is 0.330 e. The van der Waals surface area contributed by atoms with E-state index < -0.39 is 0 Å². The summed E-state index contributed by atoms with van der Waals surface area (Å²) in [5.41, 5.74) is 2.71. The van der Waals surface area contributed by atoms with Crippen molar-refractivity contribution in [2.45, 2.75) is 23.6 Å². The highest BCUT2D eigenvalue weighted by molar-refractivity contribution is 7.99. The molecule has 0 saturated heterocycles. The van der Waals surface area contributed by atoms with Crippen molar-refractivity contribution in [3.05, 3.63) is 53.9 Å². The van der Waals surface area contributed by atoms with Gasteiger partial charge in [0.25, 0.3) is 5.91 Å². The zero-order valence-electron chi connectivity index (χ0n) is 13.1. The van der Waals surface area contributed by atoms with E-state index in [-0.39, 0.29) is 5.91 Å². The molecule has 0 radical (unpaired) electrons. The molecule has 0 bridgehead atoms. The molecular weight excluding hydrogens is 310 g/mol. The number of aromatic amines is 1. The second kappa shape index (κ2) is 6.29. The van der Waals surface area contributed by atoms with Gasteiger partial charge in [0.05, 0.1) is 16.3 Å². The maximum Gasteiger partial charge on any atom is 0.291 e. The standard InChI is InChI=1S/C16H17N5OS/c1-10-14(11(2)20-19-10)23-13-7-5-4-6-12(13)18-16(22)15-17-8-9-21(15)3/h4-9H,1-3H3,(H,18,22)(H,19,20). The van der Waals surface area contributed by atoms with Gasteiger partial charge >= 0.3 is 0 Å². The van der Waals surface area contributed by atoms with Crippen LogP contribution in [0.3, 0.4) is 0 Å². The lowest BCUT2D eigenvalue weighted by Gasteiger charge is -2.10. The molecular formula is C16H17N5OS. The SMILES string of the molecule is Cc1n[nH]c(C)c1Sc1ccccc1NC(=O)c1nccn1C. The van der Waals surface area contributed by atoms with Gasteiger partial charge in [0, 0.05) is 30.0 Å². The number of imidazole rings is 1. The highest BCUT2D eigenvalue weighted by Crippen LogP contribution is 2.36. The molecule has 0 unspecified atom stereocenters. The molecule has 0 atom stereocenters. The van der Waals surface area contributed by atoms with Crippen LogP contribution in [0, 0.1) is 13.8 Å². The number of aromatic nitrogens is 4. The summed E-state index contributed by atoms with van der Waals surface area (Å²) in [5.74, 6) is 0.145. The van der Waals surface area contributed by atoms with Gasteiger partial charge in [0.2, 0.25) is 0 Å². The van der Waals surface area contributed by atoms with Gasteiger partial charge in [-0.3, -0.25) is 9.89 Å². The van der Waals surface area contributed by atoms with Crippen LogP contribution in [0.2, 0.25) is 0 Å². The molecule has 0 aliphatic heterocycles. The first-order valence-corrected chi connectivity index (χ1v) is 7.95. The van der Waals surface area contributed by atoms with E-state index >= 15 is 0 Å². The molecule has 0 aliphatic carbocycles. The molecule has 0 saturated carbocycles. The van der Waals surface area contributed by atoms with Crippen molar-refractivity contribution in [1.82, 2.24) is 19.7 Å². The van der Waals surface area contributed by atoms with Crippen LogP contribution in [-0.2, 0) is 7.05 Å². The summed E-state index contributed by atoms with van der Waals surface area (Å²) in [6, 6.07) is 7.70. The van der Waals surface area contributed by atoms with Crippen LogP contribution < -0.4 is 5.32 Å². The van der Waals surface area contributed by atoms with Crippen molar-refractivity contribution in [1.29, 1.82) is 0 Å². The number of benzene rings is 1. The van der Waals surface area contributed by atoms with Gasteiger partial charge < -0.3 is 9.88 Å². The minimum Gasteiger partial charge on any atom is -0.330 e. The molecule has 0 aliphatic rings. The highest BCUT2D eigenvalue weighted by Gasteiger charge is 2.15. The Bertz CT molecular complexity index is 832. The van der Waals surface area contributed by atoms with Gasteiger partial charge in [-0.15, -0.1) is 0 Å². The highest BCUT2D eigenvalue weighted by atomic mass is 32.2. The number of nitrogens with zero attached hydrogens (tertiary/aromatic N) is 3. The van der Waals surface area contributed by atoms with Gasteiger partial charge in [-0.1, -0.05) is 23.9 Å². The molecule has 3 aromatic rings. The van der Waals surface area contributed by atoms with Crippen molar-refractivity contribution < 1.29 is 4.79 Å². The normalized spacial score (nSPS) is 10.7. The minimum atomic E-state index is -0.230. The lowest BCUT2D eigenvalue weighted by molar-refractivity contribution is 0.101. The number of carbonyl (C=O) groups excluding carboxylic acids is 1. The van der Waals surface area contributed by atoms with Crippen molar-refractivity contribution in [3.63, 3.8) is 0 Å². The van der Waals surface area contributed by atoms with Gasteiger partial charge in [-0.2, -0.15) is 5.10 Å². The summed E-state index contributed by atoms with van der Waals surface area (Å²) >= 11 is 1.58. The summed E-state index contributed by atoms with van der Waals surface area (Å²) in [7, 11) is 1.79. The summed E-state index contributed by atoms with van der Waals surface area (Å²) in [5, 5.41) is 10.1. The molecule has 2 heterocycles. The third kappa shape index (κ3) is 3.14. The molecule has 1 amide bonds. The quantitative estimate of drug-likeness (QED) is 0.772. The summed E-state index contributed by atoms with van der Waals surface area (Å²) in [6.45, 7) is 3.94. The number of aryl methyl sites for hydroxylation is 3. The Kier molecular flexibility index (Phi) is 4.20. The zero-order valence-corrected chi connectivity index (χ0v) is 13.9. The Hall–Kier alpha value is -2.54. The fourth-order valence-electron chi connectivity index (χ4n) is 2.22. The van der Waals surface area contributed by atoms with Crippen molar-refractivity contribution in [2.24, 2.45) is 7.05 Å². The van der Waals surface area contributed by atoms with Gasteiger partial charge in [0.1, 0.15) is 0 Å². The van der Waals surface area contributed by atoms with E-state index in [1.807, 2.05) is 38.1 Å². The predicted octanol–water partition coefficient (Wildman–Crippen LogP) is 3.16. The molecule has 118 valence electrons. The summed E-state index contributed by atoms with van der Waals surface area (Å²) < 4.78 is 1.69. The van der Waals surface area contributed by atoms with Gasteiger partial charge in [0.15, 0.2) is 5.82 Å². The van der Waals surface area contributed by atoms with Crippen LogP contribution in [-0.4, -0.2) is 25.7 Å². The molecule has 0 fully saturated rings. The smallest absolute Gasteiger partial charge is 0.291 e. The Morgan fingerprint density at radius 1 is 1.30 bits per heavy atom. The molecule has 1 aromatic carbocycles. The summed E-state index contributed by atoms with van der Waals surface area (Å²) in [6.07, 6.45) is 3.35. The fourth-order valence-corrected chi connectivity index (χ4v) is 3.21. The Morgan fingerprint density at radius 2 is 2.09 bits per heavy atom. The lowest BCUT2D eigenvalue weighted by atomic mass is 10.3. The first-order chi connectivity index (χ1) is 11.1. The Morgan fingerprint density at radius 3 is 2.74 bits per heavy atom. The summed E-state index contributed by atoms with van der Waals surface area (Å²) in [4.78, 5) is 18.5. The number of nitrogens with one attached hydrogen (secondary N) is 2. The van der Waals surface area contributed by atoms with Gasteiger partial charge in [-0.25, -0.2) is 4.98 Å². The first-order valence-electron chi connectivity index (χ1n) is 7.13. The molecule has 3 rings (SSSR count). The Labute approximate surface area is 138 Å². The first kappa shape index (κ1) is 15.4. The van der Waals surface area contributed by atoms with Crippen LogP contribution in [0.1, 0.15) is 22.0 Å². The maximum absolute atomic E-state index is 12.4. The average molecular weight is 327 g/mol. The van der Waals surface area contributed by atoms with E-state index in [1.165, 1.54) is 0 Å². The monoisotopic (exact) mass is 327 g/mol. The lowest BCUT2D eigenvalue weighted by Crippen LogP contribution is -2.17. The number of H-pyrrole nitrogens is 1. The topological polar surface area (TPSA) is 75.6 Å². The molecule has 7 heteroatoms. The second-order valence-corrected chi connectivity index (χ2v) is 6.23. The van der Waals surface area contributed by atoms with E-state index in [4.69, 9.17) is 0 Å². The van der Waals surface area contributed by atoms with E-state index in [1.54, 1.807) is 35.8 Å². The molecule has 2 N–H and O–H groups in total. The average Bonchev–Trinajstić information content (AvgIpc) is 3.09. The fraction of sp³-hybridized carbons (Fsp3) is 0.188. The van der Waals surface area contributed by atoms with Crippen LogP contribution in [0.15, 0.2) is 46.5 Å². The molecule has 0 spiro atoms. The number of hydrogen-bond donors (Lipinski definition) is 2. The molecule has 6 nitrogen and oxygen atoms in total. The zero-order chi connectivity index (χ0) is 16.4. The van der Waals surface area contributed by atoms with E-state index in [0.717, 1.165) is 26.9 Å². The van der Waals surface area contributed by atoms with Gasteiger partial charge in [-0.05, 0) is 26.0 Å².